The van der Waals surface area contributed by atoms with Crippen molar-refractivity contribution in [3.8, 4) is 0 Å². The molecule has 0 spiro atoms. The average molecular weight is 275 g/mol. The predicted molar refractivity (Wildman–Crippen MR) is 81.3 cm³/mol. The van der Waals surface area contributed by atoms with E-state index in [1.54, 1.807) is 6.07 Å². The minimum atomic E-state index is -0.102. The van der Waals surface area contributed by atoms with Gasteiger partial charge in [0.05, 0.1) is 0 Å². The quantitative estimate of drug-likeness (QED) is 0.854. The van der Waals surface area contributed by atoms with Crippen LogP contribution in [-0.4, -0.2) is 12.6 Å². The molecule has 2 unspecified atom stereocenters. The molecule has 110 valence electrons. The smallest absolute Gasteiger partial charge is 0.123 e. The molecular weight excluding hydrogens is 249 g/mol. The highest BCUT2D eigenvalue weighted by Gasteiger charge is 2.31. The number of benzene rings is 1. The van der Waals surface area contributed by atoms with Gasteiger partial charge in [-0.05, 0) is 61.3 Å². The largest absolute Gasteiger partial charge is 0.314 e. The lowest BCUT2D eigenvalue weighted by atomic mass is 9.75. The van der Waals surface area contributed by atoms with Gasteiger partial charge in [0.1, 0.15) is 5.82 Å². The van der Waals surface area contributed by atoms with E-state index in [0.29, 0.717) is 12.0 Å². The lowest BCUT2D eigenvalue weighted by Crippen LogP contribution is -2.43. The van der Waals surface area contributed by atoms with Crippen LogP contribution in [-0.2, 0) is 0 Å². The van der Waals surface area contributed by atoms with Gasteiger partial charge in [-0.3, -0.25) is 0 Å². The maximum Gasteiger partial charge on any atom is 0.123 e. The highest BCUT2D eigenvalue weighted by molar-refractivity contribution is 5.23. The molecule has 1 aromatic rings. The predicted octanol–water partition coefficient (Wildman–Crippen LogP) is 4.49. The summed E-state index contributed by atoms with van der Waals surface area (Å²) in [7, 11) is 0. The molecule has 0 radical (unpaired) electrons. The number of hydrogen-bond donors (Lipinski definition) is 1. The van der Waals surface area contributed by atoms with Crippen molar-refractivity contribution in [2.24, 2.45) is 11.8 Å². The van der Waals surface area contributed by atoms with E-state index >= 15 is 0 Å². The van der Waals surface area contributed by atoms with E-state index in [2.05, 4.69) is 18.3 Å². The Morgan fingerprint density at radius 2 is 2.00 bits per heavy atom. The van der Waals surface area contributed by atoms with Crippen molar-refractivity contribution in [3.05, 3.63) is 35.6 Å². The average Bonchev–Trinajstić information content (AvgIpc) is 2.39. The normalized spacial score (nSPS) is 33.7. The Morgan fingerprint density at radius 1 is 1.20 bits per heavy atom. The molecule has 2 aliphatic rings. The van der Waals surface area contributed by atoms with Gasteiger partial charge in [0.2, 0.25) is 0 Å². The molecule has 0 aromatic heterocycles. The lowest BCUT2D eigenvalue weighted by molar-refractivity contribution is 0.213. The highest BCUT2D eigenvalue weighted by Crippen LogP contribution is 2.37. The third kappa shape index (κ3) is 3.22. The molecule has 0 aliphatic heterocycles. The van der Waals surface area contributed by atoms with Crippen LogP contribution in [0.1, 0.15) is 56.9 Å². The minimum Gasteiger partial charge on any atom is -0.314 e. The zero-order valence-electron chi connectivity index (χ0n) is 12.4. The van der Waals surface area contributed by atoms with Crippen LogP contribution in [0.4, 0.5) is 4.39 Å². The highest BCUT2D eigenvalue weighted by atomic mass is 19.1. The summed E-state index contributed by atoms with van der Waals surface area (Å²) in [4.78, 5) is 0. The molecule has 0 bridgehead atoms. The van der Waals surface area contributed by atoms with Gasteiger partial charge < -0.3 is 5.32 Å². The Bertz CT molecular complexity index is 439. The van der Waals surface area contributed by atoms with Gasteiger partial charge >= 0.3 is 0 Å². The SMILES string of the molecule is CC1CCCCC1CNC1CC(c2cccc(F)c2)C1. The Labute approximate surface area is 122 Å². The van der Waals surface area contributed by atoms with Crippen molar-refractivity contribution in [2.75, 3.05) is 6.54 Å². The molecule has 1 aromatic carbocycles. The molecule has 1 nitrogen and oxygen atoms in total. The number of halogens is 1. The molecule has 2 heteroatoms. The third-order valence-electron chi connectivity index (χ3n) is 5.42. The fourth-order valence-electron chi connectivity index (χ4n) is 3.83. The van der Waals surface area contributed by atoms with E-state index in [4.69, 9.17) is 0 Å². The van der Waals surface area contributed by atoms with Gasteiger partial charge in [-0.15, -0.1) is 0 Å². The molecule has 0 saturated heterocycles. The van der Waals surface area contributed by atoms with Crippen LogP contribution < -0.4 is 5.32 Å². The van der Waals surface area contributed by atoms with Crippen LogP contribution >= 0.6 is 0 Å². The Hall–Kier alpha value is -0.890. The first-order valence-electron chi connectivity index (χ1n) is 8.21. The summed E-state index contributed by atoms with van der Waals surface area (Å²) in [5.41, 5.74) is 1.18. The summed E-state index contributed by atoms with van der Waals surface area (Å²) in [6, 6.07) is 7.77. The number of nitrogens with one attached hydrogen (secondary N) is 1. The van der Waals surface area contributed by atoms with Gasteiger partial charge in [-0.2, -0.15) is 0 Å². The molecule has 0 amide bonds. The topological polar surface area (TPSA) is 12.0 Å². The number of hydrogen-bond acceptors (Lipinski definition) is 1. The summed E-state index contributed by atoms with van der Waals surface area (Å²) in [5.74, 6) is 2.22. The first kappa shape index (κ1) is 14.1. The summed E-state index contributed by atoms with van der Waals surface area (Å²) in [6.07, 6.45) is 7.97. The minimum absolute atomic E-state index is 0.102. The summed E-state index contributed by atoms with van der Waals surface area (Å²) in [6.45, 7) is 3.59. The van der Waals surface area contributed by atoms with E-state index in [1.165, 1.54) is 56.7 Å². The molecule has 2 atom stereocenters. The van der Waals surface area contributed by atoms with E-state index in [0.717, 1.165) is 11.8 Å². The maximum atomic E-state index is 13.2. The van der Waals surface area contributed by atoms with Crippen LogP contribution in [0.5, 0.6) is 0 Å². The Balaban J connectivity index is 1.42. The van der Waals surface area contributed by atoms with E-state index in [-0.39, 0.29) is 5.82 Å². The lowest BCUT2D eigenvalue weighted by Gasteiger charge is -2.38. The third-order valence-corrected chi connectivity index (χ3v) is 5.42. The van der Waals surface area contributed by atoms with Crippen molar-refractivity contribution >= 4 is 0 Å². The van der Waals surface area contributed by atoms with Gasteiger partial charge in [-0.1, -0.05) is 38.3 Å². The molecular formula is C18H26FN. The van der Waals surface area contributed by atoms with Crippen LogP contribution in [0.3, 0.4) is 0 Å². The fraction of sp³-hybridized carbons (Fsp3) is 0.667. The summed E-state index contributed by atoms with van der Waals surface area (Å²) in [5, 5.41) is 3.74. The Morgan fingerprint density at radius 3 is 2.75 bits per heavy atom. The van der Waals surface area contributed by atoms with Crippen molar-refractivity contribution in [3.63, 3.8) is 0 Å². The number of rotatable bonds is 4. The van der Waals surface area contributed by atoms with E-state index in [1.807, 2.05) is 6.07 Å². The second-order valence-electron chi connectivity index (χ2n) is 6.85. The maximum absolute atomic E-state index is 13.2. The molecule has 2 saturated carbocycles. The second kappa shape index (κ2) is 6.26. The van der Waals surface area contributed by atoms with Crippen LogP contribution in [0.2, 0.25) is 0 Å². The second-order valence-corrected chi connectivity index (χ2v) is 6.85. The molecule has 2 fully saturated rings. The molecule has 0 heterocycles. The fourth-order valence-corrected chi connectivity index (χ4v) is 3.83. The first-order valence-corrected chi connectivity index (χ1v) is 8.21. The van der Waals surface area contributed by atoms with Crippen molar-refractivity contribution < 1.29 is 4.39 Å². The van der Waals surface area contributed by atoms with Crippen LogP contribution in [0.15, 0.2) is 24.3 Å². The van der Waals surface area contributed by atoms with Gasteiger partial charge in [0.25, 0.3) is 0 Å². The van der Waals surface area contributed by atoms with Crippen molar-refractivity contribution in [2.45, 2.75) is 57.4 Å². The standard InChI is InChI=1S/C18H26FN/c1-13-5-2-3-6-15(13)12-20-18-10-16(11-18)14-7-4-8-17(19)9-14/h4,7-9,13,15-16,18,20H,2-3,5-6,10-12H2,1H3. The first-order chi connectivity index (χ1) is 9.72. The van der Waals surface area contributed by atoms with Gasteiger partial charge in [0, 0.05) is 6.04 Å². The van der Waals surface area contributed by atoms with Crippen LogP contribution in [0.25, 0.3) is 0 Å². The van der Waals surface area contributed by atoms with E-state index < -0.39 is 0 Å². The van der Waals surface area contributed by atoms with Gasteiger partial charge in [-0.25, -0.2) is 4.39 Å². The molecule has 20 heavy (non-hydrogen) atoms. The Kier molecular flexibility index (Phi) is 4.40. The van der Waals surface area contributed by atoms with Gasteiger partial charge in [0.15, 0.2) is 0 Å². The molecule has 2 aliphatic carbocycles. The van der Waals surface area contributed by atoms with E-state index in [9.17, 15) is 4.39 Å². The van der Waals surface area contributed by atoms with Crippen molar-refractivity contribution in [1.29, 1.82) is 0 Å². The zero-order chi connectivity index (χ0) is 13.9. The summed E-state index contributed by atoms with van der Waals surface area (Å²) >= 11 is 0. The zero-order valence-corrected chi connectivity index (χ0v) is 12.4. The van der Waals surface area contributed by atoms with Crippen molar-refractivity contribution in [1.82, 2.24) is 5.32 Å². The summed E-state index contributed by atoms with van der Waals surface area (Å²) < 4.78 is 13.2. The molecule has 3 rings (SSSR count). The monoisotopic (exact) mass is 275 g/mol. The molecule has 1 N–H and O–H groups in total. The van der Waals surface area contributed by atoms with Crippen LogP contribution in [0, 0.1) is 17.7 Å².